The van der Waals surface area contributed by atoms with Gasteiger partial charge < -0.3 is 4.90 Å². The first-order valence-corrected chi connectivity index (χ1v) is 10.6. The zero-order chi connectivity index (χ0) is 21.8. The van der Waals surface area contributed by atoms with Gasteiger partial charge in [-0.05, 0) is 74.5 Å². The van der Waals surface area contributed by atoms with Gasteiger partial charge in [-0.1, -0.05) is 24.0 Å². The number of anilines is 2. The summed E-state index contributed by atoms with van der Waals surface area (Å²) >= 11 is 6.21. The summed E-state index contributed by atoms with van der Waals surface area (Å²) in [6, 6.07) is 12.6. The maximum Gasteiger partial charge on any atom is 0.258 e. The summed E-state index contributed by atoms with van der Waals surface area (Å²) in [4.78, 5) is 6.49. The maximum absolute atomic E-state index is 14.5. The second-order valence-electron chi connectivity index (χ2n) is 8.56. The highest BCUT2D eigenvalue weighted by atomic mass is 35.5. The molecule has 0 spiro atoms. The smallest absolute Gasteiger partial charge is 0.258 e. The van der Waals surface area contributed by atoms with Crippen LogP contribution in [0.4, 0.5) is 15.9 Å². The number of benzene rings is 2. The monoisotopic (exact) mass is 433 g/mol. The molecule has 0 atom stereocenters. The number of hydrogen-bond acceptors (Lipinski definition) is 4. The van der Waals surface area contributed by atoms with Crippen LogP contribution in [0.15, 0.2) is 42.5 Å². The van der Waals surface area contributed by atoms with Crippen LogP contribution in [-0.2, 0) is 0 Å². The first kappa shape index (κ1) is 19.8. The van der Waals surface area contributed by atoms with Gasteiger partial charge in [-0.25, -0.2) is 8.79 Å². The molecule has 156 valence electrons. The lowest BCUT2D eigenvalue weighted by Crippen LogP contribution is -2.13. The quantitative estimate of drug-likeness (QED) is 0.393. The highest BCUT2D eigenvalue weighted by molar-refractivity contribution is 6.29. The molecule has 0 radical (unpaired) electrons. The van der Waals surface area contributed by atoms with Crippen molar-refractivity contribution in [2.75, 3.05) is 11.9 Å². The van der Waals surface area contributed by atoms with E-state index in [1.165, 1.54) is 25.0 Å². The van der Waals surface area contributed by atoms with Gasteiger partial charge in [-0.15, -0.1) is 10.2 Å². The molecule has 1 aliphatic carbocycles. The maximum atomic E-state index is 14.5. The van der Waals surface area contributed by atoms with E-state index >= 15 is 0 Å². The topological polar surface area (TPSA) is 46.3 Å². The number of nitrogens with zero attached hydrogens (tertiary/aromatic N) is 5. The van der Waals surface area contributed by atoms with Gasteiger partial charge in [0.1, 0.15) is 11.6 Å². The molecule has 0 N–H and O–H groups in total. The molecule has 5 nitrogen and oxygen atoms in total. The highest BCUT2D eigenvalue weighted by Gasteiger charge is 2.36. The molecule has 4 aromatic rings. The summed E-state index contributed by atoms with van der Waals surface area (Å²) in [6.07, 6.45) is 2.43. The molecule has 1 aliphatic rings. The van der Waals surface area contributed by atoms with Crippen LogP contribution < -0.4 is 4.90 Å². The third kappa shape index (κ3) is 3.60. The number of halogens is 2. The van der Waals surface area contributed by atoms with Crippen molar-refractivity contribution in [2.45, 2.75) is 26.7 Å². The van der Waals surface area contributed by atoms with E-state index in [-0.39, 0.29) is 16.5 Å². The normalized spacial score (nSPS) is 14.0. The molecule has 0 bridgehead atoms. The van der Waals surface area contributed by atoms with Crippen molar-refractivity contribution in [1.82, 2.24) is 19.6 Å². The minimum Gasteiger partial charge on any atom is -0.329 e. The van der Waals surface area contributed by atoms with Crippen LogP contribution in [0, 0.1) is 29.0 Å². The summed E-state index contributed by atoms with van der Waals surface area (Å²) in [5.41, 5.74) is 2.06. The molecule has 1 saturated carbocycles. The molecular weight excluding hydrogens is 413 g/mol. The summed E-state index contributed by atoms with van der Waals surface area (Å²) in [5.74, 6) is 7.83. The van der Waals surface area contributed by atoms with Gasteiger partial charge in [0.15, 0.2) is 0 Å². The van der Waals surface area contributed by atoms with Crippen LogP contribution in [0.3, 0.4) is 0 Å². The van der Waals surface area contributed by atoms with Crippen molar-refractivity contribution < 1.29 is 4.39 Å². The van der Waals surface area contributed by atoms with Gasteiger partial charge in [0.05, 0.1) is 5.52 Å². The first-order chi connectivity index (χ1) is 14.8. The second-order valence-corrected chi connectivity index (χ2v) is 8.90. The van der Waals surface area contributed by atoms with Crippen LogP contribution in [-0.4, -0.2) is 26.6 Å². The lowest BCUT2D eigenvalue weighted by molar-refractivity contribution is 0.431. The molecule has 0 aliphatic heterocycles. The predicted molar refractivity (Wildman–Crippen MR) is 121 cm³/mol. The molecule has 5 rings (SSSR count). The SMILES string of the molecule is CN(c1cc(F)cc(C#CC(C)(C)C2CC2)c1)c1nc2nnc(Cl)n2c2ccccc12. The Morgan fingerprint density at radius 2 is 1.94 bits per heavy atom. The Kier molecular flexibility index (Phi) is 4.60. The Bertz CT molecular complexity index is 1380. The summed E-state index contributed by atoms with van der Waals surface area (Å²) in [5, 5.41) is 9.10. The van der Waals surface area contributed by atoms with Crippen LogP contribution in [0.25, 0.3) is 16.7 Å². The largest absolute Gasteiger partial charge is 0.329 e. The molecule has 7 heteroatoms. The van der Waals surface area contributed by atoms with Crippen molar-refractivity contribution in [3.8, 4) is 11.8 Å². The van der Waals surface area contributed by atoms with Crippen LogP contribution in [0.5, 0.6) is 0 Å². The zero-order valence-electron chi connectivity index (χ0n) is 17.5. The molecular formula is C24H21ClFN5. The molecule has 2 heterocycles. The van der Waals surface area contributed by atoms with E-state index in [1.807, 2.05) is 42.3 Å². The Hall–Kier alpha value is -3.17. The van der Waals surface area contributed by atoms with Crippen LogP contribution >= 0.6 is 11.6 Å². The lowest BCUT2D eigenvalue weighted by atomic mass is 9.88. The Balaban J connectivity index is 1.60. The van der Waals surface area contributed by atoms with Crippen molar-refractivity contribution in [3.05, 3.63) is 59.1 Å². The third-order valence-electron chi connectivity index (χ3n) is 5.91. The average Bonchev–Trinajstić information content (AvgIpc) is 3.55. The number of fused-ring (bicyclic) bond motifs is 3. The fraction of sp³-hybridized carbons (Fsp3) is 0.292. The molecule has 0 unspecified atom stereocenters. The van der Waals surface area contributed by atoms with Gasteiger partial charge in [0.25, 0.3) is 5.78 Å². The predicted octanol–water partition coefficient (Wildman–Crippen LogP) is 5.63. The van der Waals surface area contributed by atoms with Crippen molar-refractivity contribution in [2.24, 2.45) is 11.3 Å². The molecule has 0 saturated heterocycles. The van der Waals surface area contributed by atoms with Crippen molar-refractivity contribution in [3.63, 3.8) is 0 Å². The van der Waals surface area contributed by atoms with Crippen LogP contribution in [0.1, 0.15) is 32.3 Å². The first-order valence-electron chi connectivity index (χ1n) is 10.2. The summed E-state index contributed by atoms with van der Waals surface area (Å²) in [6.45, 7) is 4.30. The van der Waals surface area contributed by atoms with Crippen LogP contribution in [0.2, 0.25) is 5.28 Å². The number of rotatable bonds is 3. The summed E-state index contributed by atoms with van der Waals surface area (Å²) in [7, 11) is 1.85. The number of hydrogen-bond donors (Lipinski definition) is 0. The van der Waals surface area contributed by atoms with Gasteiger partial charge >= 0.3 is 0 Å². The van der Waals surface area contributed by atoms with Crippen molar-refractivity contribution in [1.29, 1.82) is 0 Å². The molecule has 1 fully saturated rings. The molecule has 0 amide bonds. The third-order valence-corrected chi connectivity index (χ3v) is 6.16. The number of para-hydroxylation sites is 1. The van der Waals surface area contributed by atoms with E-state index in [4.69, 9.17) is 11.6 Å². The summed E-state index contributed by atoms with van der Waals surface area (Å²) < 4.78 is 16.2. The average molecular weight is 434 g/mol. The minimum atomic E-state index is -0.339. The number of aromatic nitrogens is 4. The van der Waals surface area contributed by atoms with Gasteiger partial charge in [-0.3, -0.25) is 0 Å². The standard InChI is InChI=1S/C24H21ClFN5/c1-24(2,16-8-9-16)11-10-15-12-17(26)14-18(13-15)30(3)21-19-6-4-5-7-20(19)31-22(25)28-29-23(31)27-21/h4-7,12-14,16H,8-9H2,1-3H3. The van der Waals surface area contributed by atoms with E-state index in [1.54, 1.807) is 4.40 Å². The van der Waals surface area contributed by atoms with E-state index in [2.05, 4.69) is 40.9 Å². The fourth-order valence-corrected chi connectivity index (χ4v) is 4.11. The van der Waals surface area contributed by atoms with Gasteiger partial charge in [0.2, 0.25) is 5.28 Å². The second kappa shape index (κ2) is 7.21. The molecule has 2 aromatic carbocycles. The molecule has 31 heavy (non-hydrogen) atoms. The Morgan fingerprint density at radius 3 is 2.71 bits per heavy atom. The fourth-order valence-electron chi connectivity index (χ4n) is 3.91. The van der Waals surface area contributed by atoms with E-state index < -0.39 is 0 Å². The zero-order valence-corrected chi connectivity index (χ0v) is 18.3. The van der Waals surface area contributed by atoms with Gasteiger partial charge in [0, 0.05) is 29.1 Å². The lowest BCUT2D eigenvalue weighted by Gasteiger charge is -2.21. The minimum absolute atomic E-state index is 0.0614. The van der Waals surface area contributed by atoms with E-state index in [9.17, 15) is 4.39 Å². The van der Waals surface area contributed by atoms with Gasteiger partial charge in [-0.2, -0.15) is 4.98 Å². The molecule has 2 aromatic heterocycles. The highest BCUT2D eigenvalue weighted by Crippen LogP contribution is 2.44. The Labute approximate surface area is 184 Å². The van der Waals surface area contributed by atoms with E-state index in [0.717, 1.165) is 10.9 Å². The Morgan fingerprint density at radius 1 is 1.16 bits per heavy atom. The van der Waals surface area contributed by atoms with E-state index in [0.29, 0.717) is 28.8 Å². The van der Waals surface area contributed by atoms with Crippen molar-refractivity contribution >= 4 is 39.8 Å².